The van der Waals surface area contributed by atoms with Gasteiger partial charge in [-0.3, -0.25) is 0 Å². The molecule has 3 aromatic carbocycles. The van der Waals surface area contributed by atoms with Gasteiger partial charge in [0.05, 0.1) is 13.2 Å². The number of fused-ring (bicyclic) bond motifs is 2. The minimum absolute atomic E-state index is 0.256. The van der Waals surface area contributed by atoms with Crippen molar-refractivity contribution in [1.29, 1.82) is 0 Å². The molecule has 2 saturated heterocycles. The number of benzene rings is 3. The lowest BCUT2D eigenvalue weighted by atomic mass is 9.97. The molecule has 0 bridgehead atoms. The van der Waals surface area contributed by atoms with Gasteiger partial charge in [0.2, 0.25) is 12.6 Å². The highest BCUT2D eigenvalue weighted by atomic mass is 16.7. The molecule has 12 nitrogen and oxygen atoms in total. The molecule has 10 atom stereocenters. The maximum Gasteiger partial charge on any atom is 0.229 e. The molecule has 0 amide bonds. The van der Waals surface area contributed by atoms with Crippen LogP contribution in [0.5, 0.6) is 11.5 Å². The Balaban J connectivity index is 1.62. The third-order valence-electron chi connectivity index (χ3n) is 7.25. The Hall–Kier alpha value is -2.62. The normalized spacial score (nSPS) is 35.3. The first-order valence-electron chi connectivity index (χ1n) is 12.6. The summed E-state index contributed by atoms with van der Waals surface area (Å²) in [5.41, 5.74) is 0.843. The molecule has 5 rings (SSSR count). The van der Waals surface area contributed by atoms with Crippen molar-refractivity contribution in [1.82, 2.24) is 0 Å². The van der Waals surface area contributed by atoms with Crippen molar-refractivity contribution in [3.63, 3.8) is 0 Å². The van der Waals surface area contributed by atoms with Gasteiger partial charge in [-0.15, -0.1) is 0 Å². The van der Waals surface area contributed by atoms with Crippen LogP contribution in [0, 0.1) is 6.92 Å². The van der Waals surface area contributed by atoms with Crippen molar-refractivity contribution >= 4 is 21.5 Å². The van der Waals surface area contributed by atoms with E-state index in [-0.39, 0.29) is 11.5 Å². The van der Waals surface area contributed by atoms with Crippen molar-refractivity contribution in [2.75, 3.05) is 13.2 Å². The maximum atomic E-state index is 10.6. The summed E-state index contributed by atoms with van der Waals surface area (Å²) in [6.45, 7) is 0.624. The van der Waals surface area contributed by atoms with E-state index in [0.717, 1.165) is 5.56 Å². The average Bonchev–Trinajstić information content (AvgIpc) is 2.94. The molecule has 39 heavy (non-hydrogen) atoms. The highest BCUT2D eigenvalue weighted by molar-refractivity contribution is 6.11. The Labute approximate surface area is 222 Å². The number of aliphatic hydroxyl groups excluding tert-OH is 8. The summed E-state index contributed by atoms with van der Waals surface area (Å²) < 4.78 is 23.4. The van der Waals surface area contributed by atoms with E-state index in [0.29, 0.717) is 21.5 Å². The SMILES string of the molecule is Cc1ccc2c(O[C@@H]3O[C@H](CO)[C@@H](O)[C@H](O)[C@H]3O)c3ccccc3c(O[C@@H]3O[C@H](CO)[C@@H](O)[C@H](O)[C@H]3O)c2c1. The van der Waals surface area contributed by atoms with Gasteiger partial charge in [0.25, 0.3) is 0 Å². The Bertz CT molecular complexity index is 1310. The number of aliphatic hydroxyl groups is 8. The smallest absolute Gasteiger partial charge is 0.229 e. The van der Waals surface area contributed by atoms with Crippen LogP contribution in [0.25, 0.3) is 21.5 Å². The molecule has 0 radical (unpaired) electrons. The lowest BCUT2D eigenvalue weighted by Gasteiger charge is -2.40. The molecule has 212 valence electrons. The molecule has 0 saturated carbocycles. The van der Waals surface area contributed by atoms with E-state index in [1.807, 2.05) is 13.0 Å². The summed E-state index contributed by atoms with van der Waals surface area (Å²) >= 11 is 0. The molecule has 3 aromatic rings. The van der Waals surface area contributed by atoms with Crippen molar-refractivity contribution < 1.29 is 59.8 Å². The number of hydrogen-bond acceptors (Lipinski definition) is 12. The molecular formula is C27H32O12. The highest BCUT2D eigenvalue weighted by Crippen LogP contribution is 2.45. The molecule has 2 heterocycles. The number of ether oxygens (including phenoxy) is 4. The average molecular weight is 549 g/mol. The van der Waals surface area contributed by atoms with Crippen LogP contribution < -0.4 is 9.47 Å². The van der Waals surface area contributed by atoms with Gasteiger partial charge in [0, 0.05) is 21.5 Å². The molecule has 8 N–H and O–H groups in total. The van der Waals surface area contributed by atoms with Crippen molar-refractivity contribution in [2.24, 2.45) is 0 Å². The fourth-order valence-corrected chi connectivity index (χ4v) is 5.03. The fourth-order valence-electron chi connectivity index (χ4n) is 5.03. The third kappa shape index (κ3) is 4.93. The molecule has 0 spiro atoms. The van der Waals surface area contributed by atoms with Gasteiger partial charge in [-0.1, -0.05) is 42.0 Å². The largest absolute Gasteiger partial charge is 0.461 e. The van der Waals surface area contributed by atoms with E-state index in [4.69, 9.17) is 18.9 Å². The maximum absolute atomic E-state index is 10.6. The van der Waals surface area contributed by atoms with E-state index in [1.54, 1.807) is 36.4 Å². The minimum atomic E-state index is -1.63. The first kappa shape index (κ1) is 27.9. The standard InChI is InChI=1S/C27H32O12/c1-11-6-7-14-15(8-11)25(39-27-23(35)21(33)19(31)17(10-29)37-27)13-5-3-2-4-12(13)24(14)38-26-22(34)20(32)18(30)16(9-28)36-26/h2-8,16-23,26-35H,9-10H2,1H3/t16-,17-,18-,19-,20+,21+,22-,23-,26+,27+/m1/s1. The summed E-state index contributed by atoms with van der Waals surface area (Å²) in [6.07, 6.45) is -14.8. The zero-order chi connectivity index (χ0) is 28.0. The number of rotatable bonds is 6. The van der Waals surface area contributed by atoms with Gasteiger partial charge in [-0.25, -0.2) is 0 Å². The summed E-state index contributed by atoms with van der Waals surface area (Å²) in [5, 5.41) is 83.2. The van der Waals surface area contributed by atoms with Crippen LogP contribution in [0.3, 0.4) is 0 Å². The van der Waals surface area contributed by atoms with Crippen LogP contribution >= 0.6 is 0 Å². The van der Waals surface area contributed by atoms with E-state index < -0.39 is 74.6 Å². The van der Waals surface area contributed by atoms with Crippen LogP contribution in [-0.4, -0.2) is 115 Å². The van der Waals surface area contributed by atoms with E-state index >= 15 is 0 Å². The van der Waals surface area contributed by atoms with Crippen LogP contribution in [-0.2, 0) is 9.47 Å². The Kier molecular flexibility index (Phi) is 7.95. The number of hydrogen-bond donors (Lipinski definition) is 8. The number of aryl methyl sites for hydroxylation is 1. The first-order chi connectivity index (χ1) is 18.7. The van der Waals surface area contributed by atoms with Crippen molar-refractivity contribution in [2.45, 2.75) is 68.3 Å². The summed E-state index contributed by atoms with van der Waals surface area (Å²) in [7, 11) is 0. The third-order valence-corrected chi connectivity index (χ3v) is 7.25. The van der Waals surface area contributed by atoms with Crippen LogP contribution in [0.15, 0.2) is 42.5 Å². The predicted octanol–water partition coefficient (Wildman–Crippen LogP) is -1.34. The van der Waals surface area contributed by atoms with Gasteiger partial charge >= 0.3 is 0 Å². The Morgan fingerprint density at radius 3 is 1.49 bits per heavy atom. The van der Waals surface area contributed by atoms with E-state index in [2.05, 4.69) is 0 Å². The van der Waals surface area contributed by atoms with Crippen LogP contribution in [0.1, 0.15) is 5.56 Å². The van der Waals surface area contributed by atoms with Crippen molar-refractivity contribution in [3.8, 4) is 11.5 Å². The lowest BCUT2D eigenvalue weighted by molar-refractivity contribution is -0.277. The molecule has 2 aliphatic rings. The van der Waals surface area contributed by atoms with E-state index in [9.17, 15) is 40.9 Å². The van der Waals surface area contributed by atoms with E-state index in [1.165, 1.54) is 0 Å². The Morgan fingerprint density at radius 2 is 1.03 bits per heavy atom. The molecule has 0 unspecified atom stereocenters. The predicted molar refractivity (Wildman–Crippen MR) is 135 cm³/mol. The zero-order valence-electron chi connectivity index (χ0n) is 20.9. The lowest BCUT2D eigenvalue weighted by Crippen LogP contribution is -2.60. The van der Waals surface area contributed by atoms with Gasteiger partial charge in [0.1, 0.15) is 60.3 Å². The Morgan fingerprint density at radius 1 is 0.590 bits per heavy atom. The minimum Gasteiger partial charge on any atom is -0.461 e. The zero-order valence-corrected chi connectivity index (χ0v) is 20.9. The summed E-state index contributed by atoms with van der Waals surface area (Å²) in [5.74, 6) is 0.515. The first-order valence-corrected chi connectivity index (χ1v) is 12.6. The van der Waals surface area contributed by atoms with Gasteiger partial charge in [-0.05, 0) is 13.0 Å². The topological polar surface area (TPSA) is 199 Å². The molecule has 2 fully saturated rings. The monoisotopic (exact) mass is 548 g/mol. The second-order valence-corrected chi connectivity index (χ2v) is 9.88. The van der Waals surface area contributed by atoms with Gasteiger partial charge < -0.3 is 59.8 Å². The van der Waals surface area contributed by atoms with Gasteiger partial charge in [-0.2, -0.15) is 0 Å². The summed E-state index contributed by atoms with van der Waals surface area (Å²) in [4.78, 5) is 0. The molecule has 2 aliphatic heterocycles. The second kappa shape index (κ2) is 11.1. The molecule has 0 aromatic heterocycles. The van der Waals surface area contributed by atoms with Crippen LogP contribution in [0.2, 0.25) is 0 Å². The molecule has 12 heteroatoms. The quantitative estimate of drug-likeness (QED) is 0.169. The van der Waals surface area contributed by atoms with Gasteiger partial charge in [0.15, 0.2) is 0 Å². The van der Waals surface area contributed by atoms with Crippen LogP contribution in [0.4, 0.5) is 0 Å². The highest BCUT2D eigenvalue weighted by Gasteiger charge is 2.46. The molecular weight excluding hydrogens is 516 g/mol. The fraction of sp³-hybridized carbons (Fsp3) is 0.481. The molecule has 0 aliphatic carbocycles. The summed E-state index contributed by atoms with van der Waals surface area (Å²) in [6, 6.07) is 12.3. The second-order valence-electron chi connectivity index (χ2n) is 9.88. The van der Waals surface area contributed by atoms with Crippen molar-refractivity contribution in [3.05, 3.63) is 48.0 Å².